The van der Waals surface area contributed by atoms with E-state index in [9.17, 15) is 4.79 Å². The zero-order valence-electron chi connectivity index (χ0n) is 21.6. The van der Waals surface area contributed by atoms with Crippen LogP contribution in [0, 0.1) is 6.92 Å². The molecule has 4 aromatic rings. The summed E-state index contributed by atoms with van der Waals surface area (Å²) in [6, 6.07) is 9.00. The summed E-state index contributed by atoms with van der Waals surface area (Å²) in [6.07, 6.45) is 5.34. The molecule has 1 fully saturated rings. The Bertz CT molecular complexity index is 1380. The summed E-state index contributed by atoms with van der Waals surface area (Å²) < 4.78 is 7.42. The number of hydrogen-bond acceptors (Lipinski definition) is 4. The molecular formula is C28H35N5O2. The molecule has 1 N–H and O–H groups in total. The van der Waals surface area contributed by atoms with Gasteiger partial charge in [0.05, 0.1) is 5.69 Å². The number of fused-ring (bicyclic) bond motifs is 2. The van der Waals surface area contributed by atoms with Gasteiger partial charge in [0, 0.05) is 35.8 Å². The van der Waals surface area contributed by atoms with Gasteiger partial charge in [0.25, 0.3) is 0 Å². The van der Waals surface area contributed by atoms with Gasteiger partial charge in [-0.05, 0) is 87.3 Å². The number of hydrogen-bond donors (Lipinski definition) is 1. The van der Waals surface area contributed by atoms with Crippen molar-refractivity contribution >= 4 is 22.6 Å². The van der Waals surface area contributed by atoms with Gasteiger partial charge in [-0.15, -0.1) is 0 Å². The molecule has 1 aliphatic rings. The Kier molecular flexibility index (Phi) is 5.82. The monoisotopic (exact) mass is 473 g/mol. The lowest BCUT2D eigenvalue weighted by Gasteiger charge is -2.33. The van der Waals surface area contributed by atoms with E-state index in [4.69, 9.17) is 4.74 Å². The molecule has 1 saturated heterocycles. The third kappa shape index (κ3) is 4.51. The van der Waals surface area contributed by atoms with Crippen molar-refractivity contribution < 1.29 is 9.53 Å². The topological polar surface area (TPSA) is 75.5 Å². The lowest BCUT2D eigenvalue weighted by molar-refractivity contribution is 0.0205. The van der Waals surface area contributed by atoms with E-state index >= 15 is 0 Å². The molecule has 3 aromatic heterocycles. The van der Waals surface area contributed by atoms with Crippen LogP contribution in [0.2, 0.25) is 0 Å². The number of rotatable bonds is 3. The number of piperidine rings is 1. The molecule has 0 saturated carbocycles. The number of ether oxygens (including phenoxy) is 1. The van der Waals surface area contributed by atoms with Crippen LogP contribution < -0.4 is 0 Å². The minimum Gasteiger partial charge on any atom is -0.444 e. The Hall–Kier alpha value is -3.35. The highest BCUT2D eigenvalue weighted by Crippen LogP contribution is 2.38. The summed E-state index contributed by atoms with van der Waals surface area (Å²) >= 11 is 0. The zero-order chi connectivity index (χ0) is 24.9. The van der Waals surface area contributed by atoms with Gasteiger partial charge in [0.2, 0.25) is 0 Å². The summed E-state index contributed by atoms with van der Waals surface area (Å²) in [5.41, 5.74) is 7.61. The van der Waals surface area contributed by atoms with Crippen molar-refractivity contribution in [3.05, 3.63) is 53.5 Å². The number of nitrogens with zero attached hydrogens (tertiary/aromatic N) is 4. The third-order valence-electron chi connectivity index (χ3n) is 6.91. The normalized spacial score (nSPS) is 15.5. The van der Waals surface area contributed by atoms with Crippen molar-refractivity contribution in [1.82, 2.24) is 24.5 Å². The number of carbonyl (C=O) groups excluding carboxylic acids is 1. The van der Waals surface area contributed by atoms with E-state index in [-0.39, 0.29) is 6.09 Å². The highest BCUT2D eigenvalue weighted by Gasteiger charge is 2.28. The molecule has 7 nitrogen and oxygen atoms in total. The van der Waals surface area contributed by atoms with E-state index in [1.54, 1.807) is 6.33 Å². The number of aromatic amines is 1. The van der Waals surface area contributed by atoms with E-state index < -0.39 is 5.60 Å². The van der Waals surface area contributed by atoms with Crippen LogP contribution in [0.25, 0.3) is 27.8 Å². The minimum absolute atomic E-state index is 0.205. The molecule has 0 spiro atoms. The fourth-order valence-electron chi connectivity index (χ4n) is 5.26. The maximum Gasteiger partial charge on any atom is 0.410 e. The summed E-state index contributed by atoms with van der Waals surface area (Å²) in [6.45, 7) is 13.8. The van der Waals surface area contributed by atoms with Crippen molar-refractivity contribution in [3.63, 3.8) is 0 Å². The lowest BCUT2D eigenvalue weighted by atomic mass is 9.87. The van der Waals surface area contributed by atoms with E-state index in [2.05, 4.69) is 66.3 Å². The second-order valence-electron chi connectivity index (χ2n) is 11.1. The second-order valence-corrected chi connectivity index (χ2v) is 11.1. The Balaban J connectivity index is 1.44. The molecular weight excluding hydrogens is 438 g/mol. The molecule has 184 valence electrons. The maximum absolute atomic E-state index is 12.5. The fourth-order valence-corrected chi connectivity index (χ4v) is 5.26. The first kappa shape index (κ1) is 23.4. The largest absolute Gasteiger partial charge is 0.444 e. The molecule has 7 heteroatoms. The van der Waals surface area contributed by atoms with Gasteiger partial charge in [-0.3, -0.25) is 0 Å². The standard InChI is InChI=1S/C28H35N5O2/c1-17(2)24-22-14-20(19-9-11-32(12-10-19)27(34)35-28(4,5)6)7-8-23(22)31-25(24)21-13-18(3)26-29-16-30-33(26)15-21/h7-8,13-17,19,31H,9-12H2,1-6H3. The quantitative estimate of drug-likeness (QED) is 0.372. The van der Waals surface area contributed by atoms with Crippen molar-refractivity contribution in [2.24, 2.45) is 0 Å². The molecule has 4 heterocycles. The maximum atomic E-state index is 12.5. The van der Waals surface area contributed by atoms with Gasteiger partial charge in [0.15, 0.2) is 5.65 Å². The summed E-state index contributed by atoms with van der Waals surface area (Å²) in [5, 5.41) is 5.64. The number of likely N-dealkylation sites (tertiary alicyclic amines) is 1. The number of aromatic nitrogens is 4. The van der Waals surface area contributed by atoms with Crippen LogP contribution >= 0.6 is 0 Å². The SMILES string of the molecule is Cc1cc(-c2[nH]c3ccc(C4CCN(C(=O)OC(C)(C)C)CC4)cc3c2C(C)C)cn2ncnc12. The first-order valence-corrected chi connectivity index (χ1v) is 12.5. The highest BCUT2D eigenvalue weighted by molar-refractivity contribution is 5.92. The molecule has 0 unspecified atom stereocenters. The Morgan fingerprint density at radius 3 is 2.60 bits per heavy atom. The molecule has 5 rings (SSSR count). The van der Waals surface area contributed by atoms with Crippen LogP contribution in [0.4, 0.5) is 4.79 Å². The van der Waals surface area contributed by atoms with Crippen LogP contribution in [0.1, 0.15) is 76.0 Å². The van der Waals surface area contributed by atoms with Gasteiger partial charge in [-0.25, -0.2) is 14.3 Å². The van der Waals surface area contributed by atoms with E-state index in [1.807, 2.05) is 30.2 Å². The summed E-state index contributed by atoms with van der Waals surface area (Å²) in [4.78, 5) is 22.4. The molecule has 0 aliphatic carbocycles. The van der Waals surface area contributed by atoms with Crippen molar-refractivity contribution in [2.75, 3.05) is 13.1 Å². The minimum atomic E-state index is -0.463. The van der Waals surface area contributed by atoms with Crippen LogP contribution in [0.15, 0.2) is 36.8 Å². The molecule has 0 bridgehead atoms. The van der Waals surface area contributed by atoms with Crippen LogP contribution in [-0.2, 0) is 4.74 Å². The van der Waals surface area contributed by atoms with Crippen molar-refractivity contribution in [1.29, 1.82) is 0 Å². The van der Waals surface area contributed by atoms with Crippen LogP contribution in [0.5, 0.6) is 0 Å². The van der Waals surface area contributed by atoms with Gasteiger partial charge in [0.1, 0.15) is 11.9 Å². The first-order chi connectivity index (χ1) is 16.6. The number of benzene rings is 1. The first-order valence-electron chi connectivity index (χ1n) is 12.5. The average molecular weight is 474 g/mol. The smallest absolute Gasteiger partial charge is 0.410 e. The van der Waals surface area contributed by atoms with Crippen molar-refractivity contribution in [2.45, 2.75) is 71.8 Å². The van der Waals surface area contributed by atoms with Gasteiger partial charge in [-0.1, -0.05) is 19.9 Å². The third-order valence-corrected chi connectivity index (χ3v) is 6.91. The Morgan fingerprint density at radius 1 is 1.17 bits per heavy atom. The predicted molar refractivity (Wildman–Crippen MR) is 139 cm³/mol. The number of H-pyrrole nitrogens is 1. The molecule has 0 atom stereocenters. The van der Waals surface area contributed by atoms with E-state index in [1.165, 1.54) is 16.5 Å². The molecule has 1 amide bonds. The number of pyridine rings is 1. The number of amides is 1. The zero-order valence-corrected chi connectivity index (χ0v) is 21.6. The van der Waals surface area contributed by atoms with Gasteiger partial charge in [-0.2, -0.15) is 5.10 Å². The van der Waals surface area contributed by atoms with Crippen molar-refractivity contribution in [3.8, 4) is 11.3 Å². The molecule has 1 aromatic carbocycles. The van der Waals surface area contributed by atoms with Gasteiger partial charge >= 0.3 is 6.09 Å². The summed E-state index contributed by atoms with van der Waals surface area (Å²) in [5.74, 6) is 0.792. The lowest BCUT2D eigenvalue weighted by Crippen LogP contribution is -2.41. The number of nitrogens with one attached hydrogen (secondary N) is 1. The second kappa shape index (κ2) is 8.70. The van der Waals surface area contributed by atoms with Crippen LogP contribution in [0.3, 0.4) is 0 Å². The fraction of sp³-hybridized carbons (Fsp3) is 0.464. The average Bonchev–Trinajstić information content (AvgIpc) is 3.42. The molecule has 0 radical (unpaired) electrons. The number of carbonyl (C=O) groups is 1. The summed E-state index contributed by atoms with van der Waals surface area (Å²) in [7, 11) is 0. The molecule has 35 heavy (non-hydrogen) atoms. The number of aryl methyl sites for hydroxylation is 1. The van der Waals surface area contributed by atoms with Gasteiger partial charge < -0.3 is 14.6 Å². The Morgan fingerprint density at radius 2 is 1.91 bits per heavy atom. The highest BCUT2D eigenvalue weighted by atomic mass is 16.6. The Labute approximate surface area is 206 Å². The van der Waals surface area contributed by atoms with E-state index in [0.29, 0.717) is 11.8 Å². The van der Waals surface area contributed by atoms with Crippen LogP contribution in [-0.4, -0.2) is 49.3 Å². The predicted octanol–water partition coefficient (Wildman–Crippen LogP) is 6.42. The molecule has 1 aliphatic heterocycles. The van der Waals surface area contributed by atoms with E-state index in [0.717, 1.165) is 53.9 Å².